The highest BCUT2D eigenvalue weighted by Gasteiger charge is 2.11. The first-order chi connectivity index (χ1) is 3.62. The molecule has 0 aliphatic heterocycles. The van der Waals surface area contributed by atoms with Gasteiger partial charge in [-0.25, -0.2) is 0 Å². The number of rotatable bonds is 3. The fourth-order valence-corrected chi connectivity index (χ4v) is 0.793. The van der Waals surface area contributed by atoms with Gasteiger partial charge in [-0.2, -0.15) is 0 Å². The highest BCUT2D eigenvalue weighted by atomic mass is 32.1. The second-order valence-electron chi connectivity index (χ2n) is 2.75. The topological polar surface area (TPSA) is 12.0 Å². The van der Waals surface area contributed by atoms with Crippen LogP contribution >= 0.6 is 12.8 Å². The van der Waals surface area contributed by atoms with E-state index in [1.807, 2.05) is 0 Å². The van der Waals surface area contributed by atoms with Gasteiger partial charge in [0.1, 0.15) is 0 Å². The summed E-state index contributed by atoms with van der Waals surface area (Å²) >= 11 is 3.99. The minimum Gasteiger partial charge on any atom is -0.261 e. The Morgan fingerprint density at radius 3 is 2.12 bits per heavy atom. The fourth-order valence-electron chi connectivity index (χ4n) is 0.681. The Balaban J connectivity index is 3.37. The Morgan fingerprint density at radius 2 is 2.00 bits per heavy atom. The van der Waals surface area contributed by atoms with Gasteiger partial charge in [0.05, 0.1) is 0 Å². The maximum Gasteiger partial charge on any atom is 0.0224 e. The van der Waals surface area contributed by atoms with Gasteiger partial charge in [0.2, 0.25) is 0 Å². The summed E-state index contributed by atoms with van der Waals surface area (Å²) in [6, 6.07) is 0. The zero-order chi connectivity index (χ0) is 6.62. The van der Waals surface area contributed by atoms with Crippen LogP contribution in [0, 0.1) is 0 Å². The van der Waals surface area contributed by atoms with Gasteiger partial charge >= 0.3 is 0 Å². The van der Waals surface area contributed by atoms with Crippen LogP contribution in [0.5, 0.6) is 0 Å². The quantitative estimate of drug-likeness (QED) is 0.561. The Labute approximate surface area is 57.4 Å². The molecule has 0 spiro atoms. The van der Waals surface area contributed by atoms with Crippen LogP contribution in [-0.2, 0) is 0 Å². The summed E-state index contributed by atoms with van der Waals surface area (Å²) in [5.41, 5.74) is 0.206. The van der Waals surface area contributed by atoms with Crippen LogP contribution in [0.1, 0.15) is 33.6 Å². The molecule has 1 nitrogen and oxygen atoms in total. The van der Waals surface area contributed by atoms with Crippen LogP contribution < -0.4 is 4.72 Å². The van der Waals surface area contributed by atoms with Crippen molar-refractivity contribution in [1.82, 2.24) is 4.72 Å². The van der Waals surface area contributed by atoms with Gasteiger partial charge < -0.3 is 0 Å². The van der Waals surface area contributed by atoms with Gasteiger partial charge in [-0.05, 0) is 20.3 Å². The fraction of sp³-hybridized carbons (Fsp3) is 1.00. The second-order valence-corrected chi connectivity index (χ2v) is 2.97. The molecule has 0 rings (SSSR count). The van der Waals surface area contributed by atoms with Gasteiger partial charge in [0.15, 0.2) is 0 Å². The average molecular weight is 133 g/mol. The summed E-state index contributed by atoms with van der Waals surface area (Å²) < 4.78 is 2.94. The summed E-state index contributed by atoms with van der Waals surface area (Å²) in [6.07, 6.45) is 2.39. The van der Waals surface area contributed by atoms with E-state index in [1.165, 1.54) is 12.8 Å². The maximum absolute atomic E-state index is 3.99. The van der Waals surface area contributed by atoms with Crippen LogP contribution in [-0.4, -0.2) is 5.54 Å². The lowest BCUT2D eigenvalue weighted by molar-refractivity contribution is 0.439. The number of hydrogen-bond acceptors (Lipinski definition) is 2. The van der Waals surface area contributed by atoms with Gasteiger partial charge in [-0.1, -0.05) is 26.2 Å². The molecular weight excluding hydrogens is 118 g/mol. The third kappa shape index (κ3) is 3.33. The van der Waals surface area contributed by atoms with Crippen molar-refractivity contribution in [3.8, 4) is 0 Å². The zero-order valence-corrected chi connectivity index (χ0v) is 6.76. The highest BCUT2D eigenvalue weighted by Crippen LogP contribution is 2.10. The molecule has 0 amide bonds. The van der Waals surface area contributed by atoms with Crippen molar-refractivity contribution >= 4 is 12.8 Å². The molecule has 0 fully saturated rings. The third-order valence-electron chi connectivity index (χ3n) is 1.18. The van der Waals surface area contributed by atoms with Crippen LogP contribution in [0.25, 0.3) is 0 Å². The van der Waals surface area contributed by atoms with E-state index in [1.54, 1.807) is 0 Å². The lowest BCUT2D eigenvalue weighted by Crippen LogP contribution is -2.31. The van der Waals surface area contributed by atoms with Gasteiger partial charge in [0.25, 0.3) is 0 Å². The smallest absolute Gasteiger partial charge is 0.0224 e. The molecule has 0 bridgehead atoms. The van der Waals surface area contributed by atoms with E-state index < -0.39 is 0 Å². The van der Waals surface area contributed by atoms with Crippen LogP contribution in [0.3, 0.4) is 0 Å². The summed E-state index contributed by atoms with van der Waals surface area (Å²) in [5.74, 6) is 0. The molecule has 0 aromatic carbocycles. The molecule has 8 heavy (non-hydrogen) atoms. The van der Waals surface area contributed by atoms with Gasteiger partial charge in [0, 0.05) is 5.54 Å². The molecule has 0 aliphatic carbocycles. The Hall–Kier alpha value is 0.310. The predicted octanol–water partition coefficient (Wildman–Crippen LogP) is 2.00. The monoisotopic (exact) mass is 133 g/mol. The average Bonchev–Trinajstić information content (AvgIpc) is 1.67. The molecule has 0 aliphatic rings. The minimum absolute atomic E-state index is 0.206. The van der Waals surface area contributed by atoms with Gasteiger partial charge in [-0.15, -0.1) is 0 Å². The molecule has 0 saturated carbocycles. The minimum atomic E-state index is 0.206. The van der Waals surface area contributed by atoms with Gasteiger partial charge in [-0.3, -0.25) is 4.72 Å². The van der Waals surface area contributed by atoms with E-state index in [0.717, 1.165) is 0 Å². The number of nitrogens with one attached hydrogen (secondary N) is 1. The van der Waals surface area contributed by atoms with Crippen LogP contribution in [0.4, 0.5) is 0 Å². The van der Waals surface area contributed by atoms with Crippen molar-refractivity contribution in [3.05, 3.63) is 0 Å². The molecule has 0 radical (unpaired) electrons. The van der Waals surface area contributed by atoms with E-state index in [4.69, 9.17) is 0 Å². The SMILES string of the molecule is CCCC(C)(C)NS. The van der Waals surface area contributed by atoms with Crippen molar-refractivity contribution in [3.63, 3.8) is 0 Å². The third-order valence-corrected chi connectivity index (χ3v) is 1.78. The number of hydrogen-bond donors (Lipinski definition) is 2. The predicted molar refractivity (Wildman–Crippen MR) is 41.1 cm³/mol. The molecule has 0 aromatic heterocycles. The standard InChI is InChI=1S/C6H15NS/c1-4-5-6(2,3)7-8/h7-8H,4-5H2,1-3H3. The van der Waals surface area contributed by atoms with Crippen molar-refractivity contribution in [1.29, 1.82) is 0 Å². The Bertz CT molecular complexity index is 61.5. The van der Waals surface area contributed by atoms with Crippen molar-refractivity contribution in [2.75, 3.05) is 0 Å². The zero-order valence-electron chi connectivity index (χ0n) is 5.86. The summed E-state index contributed by atoms with van der Waals surface area (Å²) in [5, 5.41) is 0. The molecule has 50 valence electrons. The normalized spacial score (nSPS) is 12.0. The summed E-state index contributed by atoms with van der Waals surface area (Å²) in [4.78, 5) is 0. The molecule has 0 atom stereocenters. The largest absolute Gasteiger partial charge is 0.261 e. The summed E-state index contributed by atoms with van der Waals surface area (Å²) in [6.45, 7) is 6.46. The molecular formula is C6H15NS. The molecule has 0 heterocycles. The first-order valence-corrected chi connectivity index (χ1v) is 3.48. The maximum atomic E-state index is 3.99. The van der Waals surface area contributed by atoms with E-state index in [2.05, 4.69) is 38.3 Å². The highest BCUT2D eigenvalue weighted by molar-refractivity contribution is 7.78. The lowest BCUT2D eigenvalue weighted by atomic mass is 10.0. The first-order valence-electron chi connectivity index (χ1n) is 3.03. The van der Waals surface area contributed by atoms with E-state index >= 15 is 0 Å². The van der Waals surface area contributed by atoms with Crippen molar-refractivity contribution in [2.24, 2.45) is 0 Å². The van der Waals surface area contributed by atoms with Crippen LogP contribution in [0.15, 0.2) is 0 Å². The Kier molecular flexibility index (Phi) is 3.49. The summed E-state index contributed by atoms with van der Waals surface area (Å²) in [7, 11) is 0. The lowest BCUT2D eigenvalue weighted by Gasteiger charge is -2.21. The number of thiol groups is 1. The van der Waals surface area contributed by atoms with E-state index in [-0.39, 0.29) is 5.54 Å². The van der Waals surface area contributed by atoms with E-state index in [9.17, 15) is 0 Å². The van der Waals surface area contributed by atoms with Crippen molar-refractivity contribution < 1.29 is 0 Å². The molecule has 2 heteroatoms. The molecule has 1 N–H and O–H groups in total. The first kappa shape index (κ1) is 8.31. The Morgan fingerprint density at radius 1 is 1.50 bits per heavy atom. The van der Waals surface area contributed by atoms with Crippen molar-refractivity contribution in [2.45, 2.75) is 39.2 Å². The molecule has 0 unspecified atom stereocenters. The molecule has 0 aromatic rings. The van der Waals surface area contributed by atoms with E-state index in [0.29, 0.717) is 0 Å². The second kappa shape index (κ2) is 3.36. The van der Waals surface area contributed by atoms with Crippen LogP contribution in [0.2, 0.25) is 0 Å². The molecule has 0 saturated heterocycles.